The summed E-state index contributed by atoms with van der Waals surface area (Å²) in [5.74, 6) is -0.0385. The van der Waals surface area contributed by atoms with Crippen molar-refractivity contribution < 1.29 is 27.9 Å². The average Bonchev–Trinajstić information content (AvgIpc) is 3.64. The maximum absolute atomic E-state index is 12.7. The molecule has 2 aromatic carbocycles. The number of benzene rings is 2. The smallest absolute Gasteiger partial charge is 0.361 e. The Kier molecular flexibility index (Phi) is 7.91. The number of pyridine rings is 1. The Balaban J connectivity index is 1.50. The van der Waals surface area contributed by atoms with Crippen LogP contribution in [0.4, 0.5) is 5.69 Å². The van der Waals surface area contributed by atoms with Gasteiger partial charge in [0, 0.05) is 54.4 Å². The molecule has 3 heterocycles. The number of hydrogen-bond donors (Lipinski definition) is 0. The molecule has 0 unspecified atom stereocenters. The lowest BCUT2D eigenvalue weighted by atomic mass is 10.1. The molecule has 0 saturated carbocycles. The van der Waals surface area contributed by atoms with Crippen LogP contribution in [-0.4, -0.2) is 54.2 Å². The van der Waals surface area contributed by atoms with Crippen LogP contribution in [0, 0.1) is 0 Å². The molecule has 208 valence electrons. The largest absolute Gasteiger partial charge is 0.461 e. The third kappa shape index (κ3) is 5.72. The van der Waals surface area contributed by atoms with E-state index in [1.165, 1.54) is 0 Å². The van der Waals surface area contributed by atoms with Crippen molar-refractivity contribution in [1.29, 1.82) is 0 Å². The van der Waals surface area contributed by atoms with Gasteiger partial charge in [-0.1, -0.05) is 0 Å². The minimum atomic E-state index is -0.580. The van der Waals surface area contributed by atoms with Crippen molar-refractivity contribution in [2.75, 3.05) is 32.2 Å². The first-order valence-electron chi connectivity index (χ1n) is 13.0. The van der Waals surface area contributed by atoms with Gasteiger partial charge in [0.1, 0.15) is 0 Å². The molecular formula is C31H28N4O6. The predicted octanol–water partition coefficient (Wildman–Crippen LogP) is 6.15. The molecular weight excluding hydrogens is 524 g/mol. The first-order valence-corrected chi connectivity index (χ1v) is 13.0. The molecule has 0 amide bonds. The first kappa shape index (κ1) is 27.3. The van der Waals surface area contributed by atoms with E-state index < -0.39 is 11.9 Å². The van der Waals surface area contributed by atoms with Crippen LogP contribution >= 0.6 is 0 Å². The Morgan fingerprint density at radius 2 is 1.07 bits per heavy atom. The average molecular weight is 553 g/mol. The van der Waals surface area contributed by atoms with Crippen molar-refractivity contribution in [3.8, 4) is 45.6 Å². The third-order valence-electron chi connectivity index (χ3n) is 6.16. The van der Waals surface area contributed by atoms with Gasteiger partial charge in [-0.05, 0) is 74.5 Å². The monoisotopic (exact) mass is 552 g/mol. The van der Waals surface area contributed by atoms with Crippen LogP contribution in [0.1, 0.15) is 34.8 Å². The summed E-state index contributed by atoms with van der Waals surface area (Å²) in [6.07, 6.45) is 3.21. The van der Waals surface area contributed by atoms with Gasteiger partial charge in [0.2, 0.25) is 11.8 Å². The molecule has 0 fully saturated rings. The van der Waals surface area contributed by atoms with Crippen LogP contribution in [0.5, 0.6) is 0 Å². The quantitative estimate of drug-likeness (QED) is 0.197. The summed E-state index contributed by atoms with van der Waals surface area (Å²) in [6.45, 7) is 3.88. The second-order valence-corrected chi connectivity index (χ2v) is 9.09. The van der Waals surface area contributed by atoms with Crippen molar-refractivity contribution in [2.45, 2.75) is 13.8 Å². The normalized spacial score (nSPS) is 10.8. The number of carbonyl (C=O) groups excluding carboxylic acids is 2. The van der Waals surface area contributed by atoms with Crippen LogP contribution in [0.3, 0.4) is 0 Å². The Morgan fingerprint density at radius 3 is 1.49 bits per heavy atom. The molecule has 5 rings (SSSR count). The molecule has 3 aromatic heterocycles. The van der Waals surface area contributed by atoms with Crippen LogP contribution in [-0.2, 0) is 9.47 Å². The van der Waals surface area contributed by atoms with E-state index in [1.807, 2.05) is 43.3 Å². The maximum Gasteiger partial charge on any atom is 0.361 e. The van der Waals surface area contributed by atoms with E-state index in [0.29, 0.717) is 33.8 Å². The van der Waals surface area contributed by atoms with E-state index in [9.17, 15) is 9.59 Å². The minimum Gasteiger partial charge on any atom is -0.461 e. The van der Waals surface area contributed by atoms with Gasteiger partial charge < -0.3 is 23.2 Å². The number of nitrogens with zero attached hydrogens (tertiary/aromatic N) is 4. The SMILES string of the molecule is CCOC(=O)c1nc(-c2ccc(-c3nc(C(=O)OCC)c(-c4ccc(N(C)C)cc4)o3)cc2)oc1-c1ccncc1. The van der Waals surface area contributed by atoms with Gasteiger partial charge >= 0.3 is 11.9 Å². The number of hydrogen-bond acceptors (Lipinski definition) is 10. The van der Waals surface area contributed by atoms with E-state index in [1.54, 1.807) is 62.6 Å². The van der Waals surface area contributed by atoms with Crippen LogP contribution < -0.4 is 4.90 Å². The summed E-state index contributed by atoms with van der Waals surface area (Å²) in [5.41, 5.74) is 3.77. The molecule has 0 spiro atoms. The van der Waals surface area contributed by atoms with Gasteiger partial charge in [-0.15, -0.1) is 0 Å². The van der Waals surface area contributed by atoms with Crippen LogP contribution in [0.25, 0.3) is 45.6 Å². The lowest BCUT2D eigenvalue weighted by molar-refractivity contribution is 0.0511. The highest BCUT2D eigenvalue weighted by molar-refractivity contribution is 5.95. The third-order valence-corrected chi connectivity index (χ3v) is 6.16. The predicted molar refractivity (Wildman–Crippen MR) is 152 cm³/mol. The number of esters is 2. The minimum absolute atomic E-state index is 0.0776. The molecule has 0 aliphatic heterocycles. The molecule has 0 saturated heterocycles. The number of aromatic nitrogens is 3. The van der Waals surface area contributed by atoms with E-state index in [-0.39, 0.29) is 36.4 Å². The highest BCUT2D eigenvalue weighted by Gasteiger charge is 2.25. The van der Waals surface area contributed by atoms with Crippen molar-refractivity contribution >= 4 is 17.6 Å². The van der Waals surface area contributed by atoms with Gasteiger partial charge in [-0.25, -0.2) is 19.6 Å². The number of anilines is 1. The van der Waals surface area contributed by atoms with Crippen molar-refractivity contribution in [3.63, 3.8) is 0 Å². The molecule has 10 heteroatoms. The van der Waals surface area contributed by atoms with E-state index in [2.05, 4.69) is 15.0 Å². The zero-order chi connectivity index (χ0) is 28.9. The summed E-state index contributed by atoms with van der Waals surface area (Å²) >= 11 is 0. The molecule has 0 bridgehead atoms. The Morgan fingerprint density at radius 1 is 0.659 bits per heavy atom. The molecule has 41 heavy (non-hydrogen) atoms. The van der Waals surface area contributed by atoms with Gasteiger partial charge in [0.25, 0.3) is 0 Å². The Hall–Kier alpha value is -5.25. The molecule has 0 aliphatic rings. The molecule has 0 N–H and O–H groups in total. The second-order valence-electron chi connectivity index (χ2n) is 9.09. The van der Waals surface area contributed by atoms with Gasteiger partial charge in [0.15, 0.2) is 22.9 Å². The van der Waals surface area contributed by atoms with Gasteiger partial charge in [-0.2, -0.15) is 0 Å². The van der Waals surface area contributed by atoms with Gasteiger partial charge in [-0.3, -0.25) is 4.98 Å². The lowest BCUT2D eigenvalue weighted by Gasteiger charge is -2.12. The molecule has 0 radical (unpaired) electrons. The highest BCUT2D eigenvalue weighted by Crippen LogP contribution is 2.34. The Labute approximate surface area is 236 Å². The standard InChI is InChI=1S/C31H28N4O6/c1-5-38-30(36)24-26(19-11-13-23(14-12-19)35(3)4)40-28(33-24)21-7-9-22(10-8-21)29-34-25(31(37)39-6-2)27(41-29)20-15-17-32-18-16-20/h7-18H,5-6H2,1-4H3. The Bertz CT molecular complexity index is 1660. The van der Waals surface area contributed by atoms with Crippen molar-refractivity contribution in [1.82, 2.24) is 15.0 Å². The number of carbonyl (C=O) groups is 2. The number of oxazole rings is 2. The maximum atomic E-state index is 12.7. The van der Waals surface area contributed by atoms with E-state index in [0.717, 1.165) is 5.69 Å². The zero-order valence-electron chi connectivity index (χ0n) is 23.1. The summed E-state index contributed by atoms with van der Waals surface area (Å²) in [6, 6.07) is 18.1. The number of ether oxygens (including phenoxy) is 2. The van der Waals surface area contributed by atoms with Crippen LogP contribution in [0.15, 0.2) is 81.9 Å². The lowest BCUT2D eigenvalue weighted by Crippen LogP contribution is -2.08. The molecule has 10 nitrogen and oxygen atoms in total. The molecule has 0 atom stereocenters. The van der Waals surface area contributed by atoms with Crippen LogP contribution in [0.2, 0.25) is 0 Å². The van der Waals surface area contributed by atoms with E-state index >= 15 is 0 Å². The van der Waals surface area contributed by atoms with Crippen molar-refractivity contribution in [2.24, 2.45) is 0 Å². The van der Waals surface area contributed by atoms with Gasteiger partial charge in [0.05, 0.1) is 13.2 Å². The summed E-state index contributed by atoms with van der Waals surface area (Å²) in [7, 11) is 3.90. The zero-order valence-corrected chi connectivity index (χ0v) is 23.1. The summed E-state index contributed by atoms with van der Waals surface area (Å²) in [4.78, 5) is 40.3. The topological polar surface area (TPSA) is 121 Å². The fourth-order valence-electron chi connectivity index (χ4n) is 4.12. The fourth-order valence-corrected chi connectivity index (χ4v) is 4.12. The summed E-state index contributed by atoms with van der Waals surface area (Å²) in [5, 5.41) is 0. The first-order chi connectivity index (χ1) is 19.9. The van der Waals surface area contributed by atoms with E-state index in [4.69, 9.17) is 18.3 Å². The fraction of sp³-hybridized carbons (Fsp3) is 0.194. The molecule has 5 aromatic rings. The highest BCUT2D eigenvalue weighted by atomic mass is 16.5. The van der Waals surface area contributed by atoms with Crippen molar-refractivity contribution in [3.05, 3.63) is 84.4 Å². The second kappa shape index (κ2) is 11.9. The summed E-state index contributed by atoms with van der Waals surface area (Å²) < 4.78 is 22.5. The number of rotatable bonds is 9. The molecule has 0 aliphatic carbocycles.